The standard InChI is InChI=1S/C19H13F5N2O3S/c1-26-18(27)10(25-19(26)30)6-8-3-4-11(28-2)9(5-8)7-29-17-15(23)13(21)12(20)14(22)16(17)24/h3-6H,7H2,1-2H3,(H,25,30)/b10-6+. The molecule has 1 heterocycles. The minimum absolute atomic E-state index is 0.194. The molecule has 3 rings (SSSR count). The summed E-state index contributed by atoms with van der Waals surface area (Å²) in [4.78, 5) is 13.3. The highest BCUT2D eigenvalue weighted by Crippen LogP contribution is 2.31. The molecule has 0 atom stereocenters. The predicted molar refractivity (Wildman–Crippen MR) is 100 cm³/mol. The van der Waals surface area contributed by atoms with Gasteiger partial charge >= 0.3 is 0 Å². The summed E-state index contributed by atoms with van der Waals surface area (Å²) in [6.45, 7) is -0.571. The van der Waals surface area contributed by atoms with Crippen LogP contribution in [-0.4, -0.2) is 30.1 Å². The van der Waals surface area contributed by atoms with E-state index in [0.717, 1.165) is 0 Å². The van der Waals surface area contributed by atoms with Crippen molar-refractivity contribution in [1.82, 2.24) is 10.2 Å². The first-order chi connectivity index (χ1) is 14.1. The Kier molecular flexibility index (Phi) is 5.92. The zero-order valence-corrected chi connectivity index (χ0v) is 16.3. The van der Waals surface area contributed by atoms with Crippen LogP contribution >= 0.6 is 12.2 Å². The van der Waals surface area contributed by atoms with Crippen molar-refractivity contribution < 1.29 is 36.2 Å². The summed E-state index contributed by atoms with van der Waals surface area (Å²) in [6.07, 6.45) is 1.47. The number of thiocarbonyl (C=S) groups is 1. The van der Waals surface area contributed by atoms with E-state index in [-0.39, 0.29) is 28.0 Å². The summed E-state index contributed by atoms with van der Waals surface area (Å²) >= 11 is 4.98. The van der Waals surface area contributed by atoms with E-state index < -0.39 is 41.4 Å². The molecule has 1 saturated heterocycles. The summed E-state index contributed by atoms with van der Waals surface area (Å²) in [6, 6.07) is 4.54. The number of amides is 1. The minimum atomic E-state index is -2.28. The summed E-state index contributed by atoms with van der Waals surface area (Å²) in [7, 11) is 2.82. The summed E-state index contributed by atoms with van der Waals surface area (Å²) in [5.74, 6) is -12.2. The molecule has 11 heteroatoms. The lowest BCUT2D eigenvalue weighted by molar-refractivity contribution is -0.121. The number of nitrogens with one attached hydrogen (secondary N) is 1. The molecule has 0 saturated carbocycles. The summed E-state index contributed by atoms with van der Waals surface area (Å²) < 4.78 is 77.5. The second kappa shape index (κ2) is 8.27. The molecule has 30 heavy (non-hydrogen) atoms. The van der Waals surface area contributed by atoms with Crippen LogP contribution in [0.4, 0.5) is 22.0 Å². The highest BCUT2D eigenvalue weighted by Gasteiger charge is 2.28. The van der Waals surface area contributed by atoms with Crippen molar-refractivity contribution in [3.8, 4) is 11.5 Å². The Bertz CT molecular complexity index is 1060. The van der Waals surface area contributed by atoms with Crippen molar-refractivity contribution in [2.24, 2.45) is 0 Å². The fourth-order valence-corrected chi connectivity index (χ4v) is 2.85. The predicted octanol–water partition coefficient (Wildman–Crippen LogP) is 3.66. The van der Waals surface area contributed by atoms with Gasteiger partial charge in [-0.2, -0.15) is 8.78 Å². The number of carbonyl (C=O) groups is 1. The number of methoxy groups -OCH3 is 1. The van der Waals surface area contributed by atoms with Gasteiger partial charge in [0, 0.05) is 12.6 Å². The highest BCUT2D eigenvalue weighted by atomic mass is 32.1. The van der Waals surface area contributed by atoms with Gasteiger partial charge in [0.1, 0.15) is 18.1 Å². The van der Waals surface area contributed by atoms with Gasteiger partial charge < -0.3 is 14.8 Å². The van der Waals surface area contributed by atoms with E-state index in [1.54, 1.807) is 6.07 Å². The zero-order valence-electron chi connectivity index (χ0n) is 15.5. The second-order valence-electron chi connectivity index (χ2n) is 6.11. The SMILES string of the molecule is COc1ccc(/C=C2/NC(=S)N(C)C2=O)cc1COc1c(F)c(F)c(F)c(F)c1F. The first kappa shape index (κ1) is 21.5. The van der Waals surface area contributed by atoms with Crippen LogP contribution in [0.3, 0.4) is 0 Å². The third-order valence-electron chi connectivity index (χ3n) is 4.24. The normalized spacial score (nSPS) is 15.0. The molecule has 0 aromatic heterocycles. The Balaban J connectivity index is 1.91. The number of rotatable bonds is 5. The molecule has 1 aliphatic heterocycles. The molecule has 158 valence electrons. The average molecular weight is 444 g/mol. The lowest BCUT2D eigenvalue weighted by Crippen LogP contribution is -2.25. The van der Waals surface area contributed by atoms with Crippen LogP contribution < -0.4 is 14.8 Å². The van der Waals surface area contributed by atoms with Crippen LogP contribution in [-0.2, 0) is 11.4 Å². The topological polar surface area (TPSA) is 50.8 Å². The van der Waals surface area contributed by atoms with Gasteiger partial charge in [0.05, 0.1) is 7.11 Å². The van der Waals surface area contributed by atoms with Gasteiger partial charge in [-0.1, -0.05) is 6.07 Å². The lowest BCUT2D eigenvalue weighted by Gasteiger charge is -2.13. The van der Waals surface area contributed by atoms with E-state index in [1.807, 2.05) is 0 Å². The van der Waals surface area contributed by atoms with Gasteiger partial charge in [-0.3, -0.25) is 9.69 Å². The van der Waals surface area contributed by atoms with Gasteiger partial charge in [0.15, 0.2) is 10.9 Å². The van der Waals surface area contributed by atoms with E-state index in [1.165, 1.54) is 37.3 Å². The average Bonchev–Trinajstić information content (AvgIpc) is 2.97. The smallest absolute Gasteiger partial charge is 0.276 e. The first-order valence-electron chi connectivity index (χ1n) is 8.27. The maximum atomic E-state index is 13.8. The Hall–Kier alpha value is -3.21. The molecule has 2 aromatic carbocycles. The molecule has 1 aliphatic rings. The van der Waals surface area contributed by atoms with Crippen molar-refractivity contribution >= 4 is 29.3 Å². The monoisotopic (exact) mass is 444 g/mol. The van der Waals surface area contributed by atoms with Crippen LogP contribution in [0.15, 0.2) is 23.9 Å². The number of ether oxygens (including phenoxy) is 2. The highest BCUT2D eigenvalue weighted by molar-refractivity contribution is 7.80. The molecule has 0 aliphatic carbocycles. The Labute approximate surface area is 172 Å². The maximum absolute atomic E-state index is 13.8. The number of benzene rings is 2. The van der Waals surface area contributed by atoms with Crippen molar-refractivity contribution in [3.05, 3.63) is 64.1 Å². The number of likely N-dealkylation sites (N-methyl/N-ethyl adjacent to an activating group) is 1. The third-order valence-corrected chi connectivity index (χ3v) is 4.61. The maximum Gasteiger partial charge on any atom is 0.276 e. The van der Waals surface area contributed by atoms with Gasteiger partial charge in [-0.15, -0.1) is 0 Å². The number of hydrogen-bond donors (Lipinski definition) is 1. The van der Waals surface area contributed by atoms with E-state index in [2.05, 4.69) is 5.32 Å². The molecule has 0 spiro atoms. The van der Waals surface area contributed by atoms with E-state index in [9.17, 15) is 26.7 Å². The van der Waals surface area contributed by atoms with Gasteiger partial charge in [0.2, 0.25) is 29.1 Å². The molecule has 0 unspecified atom stereocenters. The van der Waals surface area contributed by atoms with E-state index in [4.69, 9.17) is 21.7 Å². The van der Waals surface area contributed by atoms with E-state index >= 15 is 0 Å². The molecule has 1 N–H and O–H groups in total. The van der Waals surface area contributed by atoms with Gasteiger partial charge in [0.25, 0.3) is 5.91 Å². The zero-order chi connectivity index (χ0) is 22.2. The Morgan fingerprint density at radius 2 is 1.67 bits per heavy atom. The van der Waals surface area contributed by atoms with Gasteiger partial charge in [-0.05, 0) is 36.0 Å². The number of hydrogen-bond acceptors (Lipinski definition) is 4. The molecule has 5 nitrogen and oxygen atoms in total. The molecular weight excluding hydrogens is 431 g/mol. The molecular formula is C19H13F5N2O3S. The number of carbonyl (C=O) groups excluding carboxylic acids is 1. The number of halogens is 5. The van der Waals surface area contributed by atoms with Crippen molar-refractivity contribution in [3.63, 3.8) is 0 Å². The quantitative estimate of drug-likeness (QED) is 0.251. The fraction of sp³-hybridized carbons (Fsp3) is 0.158. The summed E-state index contributed by atoms with van der Waals surface area (Å²) in [5.41, 5.74) is 0.900. The van der Waals surface area contributed by atoms with Crippen LogP contribution in [0.1, 0.15) is 11.1 Å². The minimum Gasteiger partial charge on any atom is -0.496 e. The van der Waals surface area contributed by atoms with Crippen molar-refractivity contribution in [2.45, 2.75) is 6.61 Å². The number of nitrogens with zero attached hydrogens (tertiary/aromatic N) is 1. The fourth-order valence-electron chi connectivity index (χ4n) is 2.65. The van der Waals surface area contributed by atoms with Crippen molar-refractivity contribution in [1.29, 1.82) is 0 Å². The largest absolute Gasteiger partial charge is 0.496 e. The molecule has 0 radical (unpaired) electrons. The van der Waals surface area contributed by atoms with E-state index in [0.29, 0.717) is 5.56 Å². The second-order valence-corrected chi connectivity index (χ2v) is 6.50. The molecule has 2 aromatic rings. The third kappa shape index (κ3) is 3.80. The Morgan fingerprint density at radius 1 is 1.07 bits per heavy atom. The van der Waals surface area contributed by atoms with Crippen LogP contribution in [0, 0.1) is 29.1 Å². The summed E-state index contributed by atoms with van der Waals surface area (Å²) in [5, 5.41) is 2.95. The molecule has 1 fully saturated rings. The van der Waals surface area contributed by atoms with Gasteiger partial charge in [-0.25, -0.2) is 13.2 Å². The van der Waals surface area contributed by atoms with Crippen molar-refractivity contribution in [2.75, 3.05) is 14.2 Å². The Morgan fingerprint density at radius 3 is 2.20 bits per heavy atom. The molecule has 0 bridgehead atoms. The van der Waals surface area contributed by atoms with Crippen LogP contribution in [0.2, 0.25) is 0 Å². The molecule has 1 amide bonds. The van der Waals surface area contributed by atoms with Crippen LogP contribution in [0.5, 0.6) is 11.5 Å². The first-order valence-corrected chi connectivity index (χ1v) is 8.68. The van der Waals surface area contributed by atoms with Crippen LogP contribution in [0.25, 0.3) is 6.08 Å². The lowest BCUT2D eigenvalue weighted by atomic mass is 10.1.